The highest BCUT2D eigenvalue weighted by Gasteiger charge is 2.43. The van der Waals surface area contributed by atoms with E-state index in [1.54, 1.807) is 0 Å². The Labute approximate surface area is 110 Å². The van der Waals surface area contributed by atoms with Gasteiger partial charge in [0.05, 0.1) is 18.6 Å². The molecule has 1 saturated heterocycles. The van der Waals surface area contributed by atoms with Crippen LogP contribution >= 0.6 is 0 Å². The molecule has 0 aromatic rings. The number of nitrogens with one attached hydrogen (secondary N) is 2. The van der Waals surface area contributed by atoms with Crippen LogP contribution in [0.4, 0.5) is 0 Å². The van der Waals surface area contributed by atoms with Gasteiger partial charge in [-0.2, -0.15) is 0 Å². The SMILES string of the molecule is C=C(C)COCCNC(=O)C1(C(C)C)CCNC1. The van der Waals surface area contributed by atoms with Crippen LogP contribution in [-0.2, 0) is 9.53 Å². The fraction of sp³-hybridized carbons (Fsp3) is 0.786. The first-order chi connectivity index (χ1) is 8.49. The fourth-order valence-electron chi connectivity index (χ4n) is 2.32. The van der Waals surface area contributed by atoms with Crippen molar-refractivity contribution < 1.29 is 9.53 Å². The molecule has 1 rings (SSSR count). The van der Waals surface area contributed by atoms with Gasteiger partial charge in [-0.25, -0.2) is 0 Å². The van der Waals surface area contributed by atoms with Crippen LogP contribution in [0.1, 0.15) is 27.2 Å². The lowest BCUT2D eigenvalue weighted by Gasteiger charge is -2.31. The van der Waals surface area contributed by atoms with E-state index in [4.69, 9.17) is 4.74 Å². The van der Waals surface area contributed by atoms with E-state index in [0.717, 1.165) is 25.1 Å². The average Bonchev–Trinajstić information content (AvgIpc) is 2.78. The van der Waals surface area contributed by atoms with Gasteiger partial charge in [-0.3, -0.25) is 4.79 Å². The standard InChI is InChI=1S/C14H26N2O2/c1-11(2)9-18-8-7-16-13(17)14(12(3)4)5-6-15-10-14/h12,15H,1,5-10H2,2-4H3,(H,16,17). The van der Waals surface area contributed by atoms with E-state index in [1.807, 2.05) is 6.92 Å². The molecular formula is C14H26N2O2. The molecule has 4 heteroatoms. The normalized spacial score (nSPS) is 23.3. The van der Waals surface area contributed by atoms with Crippen molar-refractivity contribution in [2.24, 2.45) is 11.3 Å². The van der Waals surface area contributed by atoms with Crippen molar-refractivity contribution >= 4 is 5.91 Å². The monoisotopic (exact) mass is 254 g/mol. The first-order valence-corrected chi connectivity index (χ1v) is 6.70. The van der Waals surface area contributed by atoms with Crippen molar-refractivity contribution in [3.8, 4) is 0 Å². The van der Waals surface area contributed by atoms with E-state index in [9.17, 15) is 4.79 Å². The van der Waals surface area contributed by atoms with E-state index in [-0.39, 0.29) is 11.3 Å². The maximum absolute atomic E-state index is 12.3. The summed E-state index contributed by atoms with van der Waals surface area (Å²) in [4.78, 5) is 12.3. The number of amides is 1. The Morgan fingerprint density at radius 1 is 1.56 bits per heavy atom. The third-order valence-corrected chi connectivity index (χ3v) is 3.63. The predicted molar refractivity (Wildman–Crippen MR) is 73.4 cm³/mol. The molecule has 0 aromatic carbocycles. The summed E-state index contributed by atoms with van der Waals surface area (Å²) in [7, 11) is 0. The molecule has 4 nitrogen and oxygen atoms in total. The van der Waals surface area contributed by atoms with E-state index >= 15 is 0 Å². The van der Waals surface area contributed by atoms with E-state index < -0.39 is 0 Å². The van der Waals surface area contributed by atoms with Crippen molar-refractivity contribution in [1.82, 2.24) is 10.6 Å². The van der Waals surface area contributed by atoms with Gasteiger partial charge in [-0.15, -0.1) is 0 Å². The minimum Gasteiger partial charge on any atom is -0.375 e. The maximum Gasteiger partial charge on any atom is 0.227 e. The lowest BCUT2D eigenvalue weighted by atomic mass is 9.75. The molecule has 1 aliphatic heterocycles. The number of hydrogen-bond acceptors (Lipinski definition) is 3. The number of carbonyl (C=O) groups is 1. The van der Waals surface area contributed by atoms with Crippen molar-refractivity contribution in [3.05, 3.63) is 12.2 Å². The first-order valence-electron chi connectivity index (χ1n) is 6.70. The molecule has 104 valence electrons. The van der Waals surface area contributed by atoms with Gasteiger partial charge >= 0.3 is 0 Å². The topological polar surface area (TPSA) is 50.4 Å². The largest absolute Gasteiger partial charge is 0.375 e. The van der Waals surface area contributed by atoms with Crippen molar-refractivity contribution in [1.29, 1.82) is 0 Å². The summed E-state index contributed by atoms with van der Waals surface area (Å²) in [5.41, 5.74) is 0.758. The summed E-state index contributed by atoms with van der Waals surface area (Å²) in [6.07, 6.45) is 0.920. The molecule has 1 atom stereocenters. The summed E-state index contributed by atoms with van der Waals surface area (Å²) in [5.74, 6) is 0.505. The van der Waals surface area contributed by atoms with E-state index in [1.165, 1.54) is 0 Å². The van der Waals surface area contributed by atoms with Crippen LogP contribution in [0.3, 0.4) is 0 Å². The van der Waals surface area contributed by atoms with Gasteiger partial charge in [0, 0.05) is 13.1 Å². The minimum absolute atomic E-state index is 0.154. The lowest BCUT2D eigenvalue weighted by Crippen LogP contribution is -2.46. The van der Waals surface area contributed by atoms with Crippen LogP contribution in [0.2, 0.25) is 0 Å². The molecule has 0 aromatic heterocycles. The average molecular weight is 254 g/mol. The van der Waals surface area contributed by atoms with Gasteiger partial charge in [-0.1, -0.05) is 26.0 Å². The Morgan fingerprint density at radius 2 is 2.28 bits per heavy atom. The van der Waals surface area contributed by atoms with Crippen LogP contribution in [0.25, 0.3) is 0 Å². The minimum atomic E-state index is -0.242. The quantitative estimate of drug-likeness (QED) is 0.532. The van der Waals surface area contributed by atoms with Gasteiger partial charge in [0.25, 0.3) is 0 Å². The first kappa shape index (κ1) is 15.2. The molecule has 0 spiro atoms. The summed E-state index contributed by atoms with van der Waals surface area (Å²) in [6.45, 7) is 13.3. The van der Waals surface area contributed by atoms with Crippen molar-refractivity contribution in [3.63, 3.8) is 0 Å². The highest BCUT2D eigenvalue weighted by Crippen LogP contribution is 2.34. The highest BCUT2D eigenvalue weighted by atomic mass is 16.5. The Balaban J connectivity index is 2.32. The van der Waals surface area contributed by atoms with Gasteiger partial charge in [-0.05, 0) is 25.8 Å². The molecular weight excluding hydrogens is 228 g/mol. The van der Waals surface area contributed by atoms with Crippen LogP contribution in [-0.4, -0.2) is 38.8 Å². The molecule has 1 heterocycles. The molecule has 0 saturated carbocycles. The maximum atomic E-state index is 12.3. The van der Waals surface area contributed by atoms with Gasteiger partial charge < -0.3 is 15.4 Å². The van der Waals surface area contributed by atoms with Crippen LogP contribution in [0.15, 0.2) is 12.2 Å². The fourth-order valence-corrected chi connectivity index (χ4v) is 2.32. The van der Waals surface area contributed by atoms with Gasteiger partial charge in [0.15, 0.2) is 0 Å². The third kappa shape index (κ3) is 3.82. The number of ether oxygens (including phenoxy) is 1. The summed E-state index contributed by atoms with van der Waals surface area (Å²) in [6, 6.07) is 0. The second kappa shape index (κ2) is 6.90. The molecule has 1 amide bonds. The zero-order valence-corrected chi connectivity index (χ0v) is 11.8. The molecule has 1 aliphatic rings. The smallest absolute Gasteiger partial charge is 0.227 e. The molecule has 0 bridgehead atoms. The molecule has 18 heavy (non-hydrogen) atoms. The molecule has 2 N–H and O–H groups in total. The third-order valence-electron chi connectivity index (χ3n) is 3.63. The van der Waals surface area contributed by atoms with Crippen LogP contribution in [0, 0.1) is 11.3 Å². The Kier molecular flexibility index (Phi) is 5.82. The number of hydrogen-bond donors (Lipinski definition) is 2. The van der Waals surface area contributed by atoms with Gasteiger partial charge in [0.1, 0.15) is 0 Å². The summed E-state index contributed by atoms with van der Waals surface area (Å²) in [5, 5.41) is 6.28. The molecule has 1 unspecified atom stereocenters. The Hall–Kier alpha value is -0.870. The zero-order chi connectivity index (χ0) is 13.6. The molecule has 0 radical (unpaired) electrons. The van der Waals surface area contributed by atoms with Crippen molar-refractivity contribution in [2.45, 2.75) is 27.2 Å². The van der Waals surface area contributed by atoms with E-state index in [0.29, 0.717) is 25.7 Å². The number of rotatable bonds is 7. The molecule has 0 aliphatic carbocycles. The predicted octanol–water partition coefficient (Wildman–Crippen LogP) is 1.33. The second-order valence-corrected chi connectivity index (χ2v) is 5.50. The summed E-state index contributed by atoms with van der Waals surface area (Å²) >= 11 is 0. The van der Waals surface area contributed by atoms with Crippen molar-refractivity contribution in [2.75, 3.05) is 32.8 Å². The van der Waals surface area contributed by atoms with E-state index in [2.05, 4.69) is 31.1 Å². The Bertz CT molecular complexity index is 294. The van der Waals surface area contributed by atoms with Gasteiger partial charge in [0.2, 0.25) is 5.91 Å². The van der Waals surface area contributed by atoms with Crippen LogP contribution < -0.4 is 10.6 Å². The second-order valence-electron chi connectivity index (χ2n) is 5.50. The van der Waals surface area contributed by atoms with Crippen LogP contribution in [0.5, 0.6) is 0 Å². The summed E-state index contributed by atoms with van der Waals surface area (Å²) < 4.78 is 5.37. The molecule has 1 fully saturated rings. The highest BCUT2D eigenvalue weighted by molar-refractivity contribution is 5.83. The Morgan fingerprint density at radius 3 is 2.78 bits per heavy atom. The number of carbonyl (C=O) groups excluding carboxylic acids is 1. The zero-order valence-electron chi connectivity index (χ0n) is 11.8. The lowest BCUT2D eigenvalue weighted by molar-refractivity contribution is -0.132.